The van der Waals surface area contributed by atoms with Crippen LogP contribution in [0.1, 0.15) is 0 Å². The highest BCUT2D eigenvalue weighted by molar-refractivity contribution is 9.10. The minimum Gasteiger partial charge on any atom is -0.495 e. The normalized spacial score (nSPS) is 10.2. The SMILES string of the molecule is COc1cc(Nc2ncc(Br)cc2Cl)ccc1Cl. The highest BCUT2D eigenvalue weighted by atomic mass is 79.9. The van der Waals surface area contributed by atoms with Gasteiger partial charge in [-0.2, -0.15) is 0 Å². The van der Waals surface area contributed by atoms with Crippen molar-refractivity contribution >= 4 is 50.6 Å². The van der Waals surface area contributed by atoms with Crippen LogP contribution in [0, 0.1) is 0 Å². The molecule has 0 atom stereocenters. The van der Waals surface area contributed by atoms with E-state index in [1.807, 2.05) is 6.07 Å². The van der Waals surface area contributed by atoms with Crippen molar-refractivity contribution in [1.29, 1.82) is 0 Å². The zero-order chi connectivity index (χ0) is 13.1. The Morgan fingerprint density at radius 3 is 2.67 bits per heavy atom. The average molecular weight is 348 g/mol. The van der Waals surface area contributed by atoms with Crippen molar-refractivity contribution in [2.45, 2.75) is 0 Å². The second-order valence-electron chi connectivity index (χ2n) is 3.46. The molecule has 1 N–H and O–H groups in total. The van der Waals surface area contributed by atoms with Crippen LogP contribution in [0.5, 0.6) is 5.75 Å². The maximum atomic E-state index is 6.07. The van der Waals surface area contributed by atoms with Crippen LogP contribution in [0.4, 0.5) is 11.5 Å². The van der Waals surface area contributed by atoms with E-state index in [4.69, 9.17) is 27.9 Å². The van der Waals surface area contributed by atoms with Gasteiger partial charge in [-0.15, -0.1) is 0 Å². The van der Waals surface area contributed by atoms with Gasteiger partial charge in [0.1, 0.15) is 11.6 Å². The van der Waals surface area contributed by atoms with Crippen LogP contribution in [0.25, 0.3) is 0 Å². The zero-order valence-electron chi connectivity index (χ0n) is 9.38. The van der Waals surface area contributed by atoms with Gasteiger partial charge in [0.05, 0.1) is 17.2 Å². The summed E-state index contributed by atoms with van der Waals surface area (Å²) in [5.74, 6) is 1.17. The summed E-state index contributed by atoms with van der Waals surface area (Å²) in [6.45, 7) is 0. The maximum absolute atomic E-state index is 6.07. The van der Waals surface area contributed by atoms with Gasteiger partial charge in [-0.05, 0) is 34.1 Å². The Morgan fingerprint density at radius 1 is 1.22 bits per heavy atom. The topological polar surface area (TPSA) is 34.1 Å². The standard InChI is InChI=1S/C12H9BrCl2N2O/c1-18-11-5-8(2-3-9(11)14)17-12-10(15)4-7(13)6-16-12/h2-6H,1H3,(H,16,17). The van der Waals surface area contributed by atoms with Gasteiger partial charge in [0.15, 0.2) is 0 Å². The second kappa shape index (κ2) is 5.78. The van der Waals surface area contributed by atoms with Gasteiger partial charge in [0.2, 0.25) is 0 Å². The average Bonchev–Trinajstić information content (AvgIpc) is 2.35. The van der Waals surface area contributed by atoms with Gasteiger partial charge in [0.25, 0.3) is 0 Å². The molecule has 94 valence electrons. The Hall–Kier alpha value is -0.970. The number of hydrogen-bond acceptors (Lipinski definition) is 3. The molecule has 6 heteroatoms. The Bertz CT molecular complexity index is 578. The van der Waals surface area contributed by atoms with Crippen LogP contribution in [-0.4, -0.2) is 12.1 Å². The molecule has 0 unspecified atom stereocenters. The first-order chi connectivity index (χ1) is 8.60. The molecule has 0 saturated carbocycles. The van der Waals surface area contributed by atoms with Gasteiger partial charge in [0, 0.05) is 22.4 Å². The van der Waals surface area contributed by atoms with E-state index in [0.29, 0.717) is 21.6 Å². The maximum Gasteiger partial charge on any atom is 0.149 e. The molecule has 1 heterocycles. The van der Waals surface area contributed by atoms with E-state index < -0.39 is 0 Å². The van der Waals surface area contributed by atoms with Crippen LogP contribution >= 0.6 is 39.1 Å². The Kier molecular flexibility index (Phi) is 4.32. The number of pyridine rings is 1. The predicted octanol–water partition coefficient (Wildman–Crippen LogP) is 4.90. The summed E-state index contributed by atoms with van der Waals surface area (Å²) in [5.41, 5.74) is 0.799. The number of halogens is 3. The third kappa shape index (κ3) is 3.07. The molecule has 2 aromatic rings. The summed E-state index contributed by atoms with van der Waals surface area (Å²) >= 11 is 15.3. The van der Waals surface area contributed by atoms with Gasteiger partial charge in [-0.25, -0.2) is 4.98 Å². The summed E-state index contributed by atoms with van der Waals surface area (Å²) in [6, 6.07) is 7.12. The molecule has 3 nitrogen and oxygen atoms in total. The molecule has 0 aliphatic heterocycles. The molecule has 0 amide bonds. The van der Waals surface area contributed by atoms with E-state index in [1.54, 1.807) is 31.5 Å². The summed E-state index contributed by atoms with van der Waals surface area (Å²) in [7, 11) is 1.57. The highest BCUT2D eigenvalue weighted by Gasteiger charge is 2.06. The first-order valence-corrected chi connectivity index (χ1v) is 6.56. The number of benzene rings is 1. The van der Waals surface area contributed by atoms with E-state index in [-0.39, 0.29) is 0 Å². The van der Waals surface area contributed by atoms with E-state index in [1.165, 1.54) is 0 Å². The number of ether oxygens (including phenoxy) is 1. The van der Waals surface area contributed by atoms with E-state index in [2.05, 4.69) is 26.2 Å². The molecule has 1 aromatic carbocycles. The minimum atomic E-state index is 0.526. The molecule has 0 saturated heterocycles. The number of nitrogens with zero attached hydrogens (tertiary/aromatic N) is 1. The van der Waals surface area contributed by atoms with Crippen LogP contribution in [-0.2, 0) is 0 Å². The van der Waals surface area contributed by atoms with Crippen molar-refractivity contribution in [2.24, 2.45) is 0 Å². The number of aromatic nitrogens is 1. The molecule has 0 spiro atoms. The minimum absolute atomic E-state index is 0.526. The number of hydrogen-bond donors (Lipinski definition) is 1. The first kappa shape index (κ1) is 13.5. The van der Waals surface area contributed by atoms with Crippen LogP contribution in [0.2, 0.25) is 10.0 Å². The molecule has 2 rings (SSSR count). The molecule has 0 radical (unpaired) electrons. The Balaban J connectivity index is 2.28. The van der Waals surface area contributed by atoms with Crippen molar-refractivity contribution in [3.63, 3.8) is 0 Å². The van der Waals surface area contributed by atoms with Crippen molar-refractivity contribution < 1.29 is 4.74 Å². The summed E-state index contributed by atoms with van der Waals surface area (Å²) in [5, 5.41) is 4.18. The fourth-order valence-corrected chi connectivity index (χ4v) is 2.25. The Morgan fingerprint density at radius 2 is 2.00 bits per heavy atom. The van der Waals surface area contributed by atoms with Crippen molar-refractivity contribution in [3.05, 3.63) is 45.0 Å². The lowest BCUT2D eigenvalue weighted by molar-refractivity contribution is 0.415. The molecular weight excluding hydrogens is 339 g/mol. The predicted molar refractivity (Wildman–Crippen MR) is 78.2 cm³/mol. The number of nitrogens with one attached hydrogen (secondary N) is 1. The lowest BCUT2D eigenvalue weighted by Gasteiger charge is -2.10. The van der Waals surface area contributed by atoms with Gasteiger partial charge in [-0.3, -0.25) is 0 Å². The van der Waals surface area contributed by atoms with Crippen LogP contribution in [0.15, 0.2) is 34.9 Å². The first-order valence-electron chi connectivity index (χ1n) is 5.02. The smallest absolute Gasteiger partial charge is 0.149 e. The summed E-state index contributed by atoms with van der Waals surface area (Å²) < 4.78 is 5.97. The summed E-state index contributed by atoms with van der Waals surface area (Å²) in [6.07, 6.45) is 1.67. The fraction of sp³-hybridized carbons (Fsp3) is 0.0833. The molecule has 0 bridgehead atoms. The molecule has 0 aliphatic carbocycles. The van der Waals surface area contributed by atoms with E-state index in [9.17, 15) is 0 Å². The highest BCUT2D eigenvalue weighted by Crippen LogP contribution is 2.31. The molecular formula is C12H9BrCl2N2O. The Labute approximate surface area is 123 Å². The molecule has 0 fully saturated rings. The zero-order valence-corrected chi connectivity index (χ0v) is 12.5. The van der Waals surface area contributed by atoms with E-state index >= 15 is 0 Å². The monoisotopic (exact) mass is 346 g/mol. The van der Waals surface area contributed by atoms with Crippen molar-refractivity contribution in [1.82, 2.24) is 4.98 Å². The largest absolute Gasteiger partial charge is 0.495 e. The quantitative estimate of drug-likeness (QED) is 0.857. The van der Waals surface area contributed by atoms with Crippen molar-refractivity contribution in [3.8, 4) is 5.75 Å². The van der Waals surface area contributed by atoms with Crippen molar-refractivity contribution in [2.75, 3.05) is 12.4 Å². The molecule has 0 aliphatic rings. The number of rotatable bonds is 3. The molecule has 1 aromatic heterocycles. The fourth-order valence-electron chi connectivity index (χ4n) is 1.38. The van der Waals surface area contributed by atoms with Gasteiger partial charge >= 0.3 is 0 Å². The van der Waals surface area contributed by atoms with Crippen LogP contribution in [0.3, 0.4) is 0 Å². The van der Waals surface area contributed by atoms with Gasteiger partial charge < -0.3 is 10.1 Å². The number of methoxy groups -OCH3 is 1. The van der Waals surface area contributed by atoms with Crippen LogP contribution < -0.4 is 10.1 Å². The van der Waals surface area contributed by atoms with Gasteiger partial charge in [-0.1, -0.05) is 23.2 Å². The lowest BCUT2D eigenvalue weighted by atomic mass is 10.3. The number of anilines is 2. The summed E-state index contributed by atoms with van der Waals surface area (Å²) in [4.78, 5) is 4.19. The lowest BCUT2D eigenvalue weighted by Crippen LogP contribution is -1.95. The second-order valence-corrected chi connectivity index (χ2v) is 5.19. The third-order valence-corrected chi connectivity index (χ3v) is 3.26. The third-order valence-electron chi connectivity index (χ3n) is 2.22. The van der Waals surface area contributed by atoms with E-state index in [0.717, 1.165) is 10.2 Å². The molecule has 18 heavy (non-hydrogen) atoms.